The fraction of sp³-hybridized carbons (Fsp3) is 0.100. The molecule has 1 aliphatic heterocycles. The van der Waals surface area contributed by atoms with Crippen molar-refractivity contribution < 1.29 is 29.3 Å². The molecule has 0 saturated heterocycles. The van der Waals surface area contributed by atoms with Crippen LogP contribution in [-0.4, -0.2) is 56.0 Å². The molecule has 5 aromatic rings. The summed E-state index contributed by atoms with van der Waals surface area (Å²) in [6.07, 6.45) is 3.25. The van der Waals surface area contributed by atoms with E-state index in [-0.39, 0.29) is 29.1 Å². The van der Waals surface area contributed by atoms with Gasteiger partial charge in [0.25, 0.3) is 11.8 Å². The number of esters is 1. The number of nitrogens with zero attached hydrogens (tertiary/aromatic N) is 1. The van der Waals surface area contributed by atoms with Crippen molar-refractivity contribution in [1.82, 2.24) is 14.9 Å². The highest BCUT2D eigenvalue weighted by molar-refractivity contribution is 6.51. The number of aromatic nitrogens is 2. The predicted octanol–water partition coefficient (Wildman–Crippen LogP) is 4.12. The van der Waals surface area contributed by atoms with Crippen LogP contribution in [0, 0.1) is 0 Å². The average Bonchev–Trinajstić information content (AvgIpc) is 3.63. The largest absolute Gasteiger partial charge is 0.504 e. The number of fused-ring (bicyclic) bond motifs is 2. The van der Waals surface area contributed by atoms with Crippen molar-refractivity contribution in [1.29, 1.82) is 0 Å². The molecule has 39 heavy (non-hydrogen) atoms. The molecule has 0 spiro atoms. The van der Waals surface area contributed by atoms with Gasteiger partial charge >= 0.3 is 5.97 Å². The minimum atomic E-state index is -1.32. The van der Waals surface area contributed by atoms with Crippen molar-refractivity contribution in [2.24, 2.45) is 0 Å². The van der Waals surface area contributed by atoms with E-state index < -0.39 is 23.8 Å². The number of carbonyl (C=O) groups is 3. The number of carbonyl (C=O) groups excluding carboxylic acids is 3. The molecular formula is C30H23N3O6. The summed E-state index contributed by atoms with van der Waals surface area (Å²) in [5.41, 5.74) is 3.43. The van der Waals surface area contributed by atoms with Crippen LogP contribution in [0.5, 0.6) is 11.5 Å². The van der Waals surface area contributed by atoms with Crippen LogP contribution in [0.15, 0.2) is 79.1 Å². The van der Waals surface area contributed by atoms with Gasteiger partial charge in [-0.15, -0.1) is 0 Å². The normalized spacial score (nSPS) is 14.5. The lowest BCUT2D eigenvalue weighted by atomic mass is 9.95. The summed E-state index contributed by atoms with van der Waals surface area (Å²) >= 11 is 0. The molecule has 0 fully saturated rings. The third kappa shape index (κ3) is 3.83. The van der Waals surface area contributed by atoms with Gasteiger partial charge in [-0.05, 0) is 29.8 Å². The number of hydrogen-bond donors (Lipinski definition) is 4. The third-order valence-corrected chi connectivity index (χ3v) is 7.09. The zero-order valence-electron chi connectivity index (χ0n) is 20.8. The Morgan fingerprint density at radius 2 is 1.36 bits per heavy atom. The lowest BCUT2D eigenvalue weighted by Crippen LogP contribution is -2.47. The maximum Gasteiger partial charge on any atom is 0.329 e. The van der Waals surface area contributed by atoms with Gasteiger partial charge in [0.15, 0.2) is 11.5 Å². The summed E-state index contributed by atoms with van der Waals surface area (Å²) in [5, 5.41) is 21.2. The maximum absolute atomic E-state index is 14.2. The Morgan fingerprint density at radius 3 is 1.87 bits per heavy atom. The molecule has 6 rings (SSSR count). The van der Waals surface area contributed by atoms with E-state index in [0.717, 1.165) is 26.7 Å². The zero-order chi connectivity index (χ0) is 27.3. The summed E-state index contributed by atoms with van der Waals surface area (Å²) in [6.45, 7) is 0. The van der Waals surface area contributed by atoms with E-state index in [1.165, 1.54) is 25.3 Å². The number of ether oxygens (including phenoxy) is 1. The molecular weight excluding hydrogens is 498 g/mol. The number of imide groups is 1. The van der Waals surface area contributed by atoms with Gasteiger partial charge < -0.3 is 24.9 Å². The second-order valence-electron chi connectivity index (χ2n) is 9.29. The molecule has 1 atom stereocenters. The van der Waals surface area contributed by atoms with Gasteiger partial charge in [-0.3, -0.25) is 14.5 Å². The van der Waals surface area contributed by atoms with E-state index in [9.17, 15) is 24.6 Å². The van der Waals surface area contributed by atoms with Crippen molar-refractivity contribution in [2.45, 2.75) is 12.5 Å². The van der Waals surface area contributed by atoms with E-state index in [1.54, 1.807) is 12.4 Å². The lowest BCUT2D eigenvalue weighted by molar-refractivity contribution is -0.155. The van der Waals surface area contributed by atoms with Crippen LogP contribution in [0.4, 0.5) is 0 Å². The zero-order valence-corrected chi connectivity index (χ0v) is 20.8. The SMILES string of the molecule is COC(=O)[C@H](Cc1ccc(O)c(O)c1)N1C(=O)C(c2c[nH]c3ccccc23)=C(c2c[nH]c3ccccc23)C1=O. The molecule has 194 valence electrons. The van der Waals surface area contributed by atoms with E-state index in [2.05, 4.69) is 9.97 Å². The molecule has 9 nitrogen and oxygen atoms in total. The van der Waals surface area contributed by atoms with Gasteiger partial charge in [-0.25, -0.2) is 4.79 Å². The number of phenolic OH excluding ortho intramolecular Hbond substituents is 2. The number of para-hydroxylation sites is 2. The molecule has 0 aliphatic carbocycles. The van der Waals surface area contributed by atoms with E-state index in [0.29, 0.717) is 16.7 Å². The van der Waals surface area contributed by atoms with Crippen LogP contribution in [0.25, 0.3) is 33.0 Å². The molecule has 2 amide bonds. The van der Waals surface area contributed by atoms with Gasteiger partial charge in [0.1, 0.15) is 6.04 Å². The predicted molar refractivity (Wildman–Crippen MR) is 145 cm³/mol. The number of nitrogens with one attached hydrogen (secondary N) is 2. The molecule has 1 aliphatic rings. The first-order valence-electron chi connectivity index (χ1n) is 12.2. The summed E-state index contributed by atoms with van der Waals surface area (Å²) < 4.78 is 5.01. The summed E-state index contributed by atoms with van der Waals surface area (Å²) in [7, 11) is 1.18. The van der Waals surface area contributed by atoms with Crippen LogP contribution in [0.1, 0.15) is 16.7 Å². The molecule has 2 aromatic heterocycles. The van der Waals surface area contributed by atoms with E-state index in [1.807, 2.05) is 48.5 Å². The fourth-order valence-corrected chi connectivity index (χ4v) is 5.22. The Balaban J connectivity index is 1.54. The Hall–Kier alpha value is -5.31. The highest BCUT2D eigenvalue weighted by atomic mass is 16.5. The number of hydrogen-bond acceptors (Lipinski definition) is 6. The molecule has 4 N–H and O–H groups in total. The van der Waals surface area contributed by atoms with Crippen LogP contribution in [0.3, 0.4) is 0 Å². The lowest BCUT2D eigenvalue weighted by Gasteiger charge is -2.25. The monoisotopic (exact) mass is 521 g/mol. The van der Waals surface area contributed by atoms with Crippen LogP contribution < -0.4 is 0 Å². The minimum Gasteiger partial charge on any atom is -0.504 e. The molecule has 3 heterocycles. The van der Waals surface area contributed by atoms with Crippen molar-refractivity contribution in [3.05, 3.63) is 95.8 Å². The number of aromatic hydroxyl groups is 2. The molecule has 0 unspecified atom stereocenters. The number of H-pyrrole nitrogens is 2. The van der Waals surface area contributed by atoms with E-state index in [4.69, 9.17) is 4.74 Å². The quantitative estimate of drug-likeness (QED) is 0.151. The van der Waals surface area contributed by atoms with Crippen LogP contribution >= 0.6 is 0 Å². The number of benzene rings is 3. The van der Waals surface area contributed by atoms with Gasteiger partial charge in [0.05, 0.1) is 18.3 Å². The molecule has 0 radical (unpaired) electrons. The smallest absolute Gasteiger partial charge is 0.329 e. The van der Waals surface area contributed by atoms with Crippen molar-refractivity contribution >= 4 is 50.7 Å². The van der Waals surface area contributed by atoms with Gasteiger partial charge in [-0.2, -0.15) is 0 Å². The summed E-state index contributed by atoms with van der Waals surface area (Å²) in [4.78, 5) is 48.7. The maximum atomic E-state index is 14.2. The van der Waals surface area contributed by atoms with Gasteiger partial charge in [0, 0.05) is 51.7 Å². The number of methoxy groups -OCH3 is 1. The molecule has 0 bridgehead atoms. The summed E-state index contributed by atoms with van der Waals surface area (Å²) in [6, 6.07) is 17.6. The van der Waals surface area contributed by atoms with Crippen molar-refractivity contribution in [3.8, 4) is 11.5 Å². The number of rotatable bonds is 6. The molecule has 0 saturated carbocycles. The Kier molecular flexibility index (Phi) is 5.68. The Labute approximate surface area is 221 Å². The second-order valence-corrected chi connectivity index (χ2v) is 9.29. The highest BCUT2D eigenvalue weighted by Crippen LogP contribution is 2.42. The average molecular weight is 522 g/mol. The topological polar surface area (TPSA) is 136 Å². The van der Waals surface area contributed by atoms with Crippen LogP contribution in [0.2, 0.25) is 0 Å². The Bertz CT molecular complexity index is 1730. The first kappa shape index (κ1) is 24.1. The number of aromatic amines is 2. The second kappa shape index (κ2) is 9.21. The molecule has 9 heteroatoms. The van der Waals surface area contributed by atoms with Crippen LogP contribution in [-0.2, 0) is 25.5 Å². The number of amides is 2. The van der Waals surface area contributed by atoms with Gasteiger partial charge in [-0.1, -0.05) is 42.5 Å². The van der Waals surface area contributed by atoms with Crippen molar-refractivity contribution in [2.75, 3.05) is 7.11 Å². The first-order chi connectivity index (χ1) is 18.9. The fourth-order valence-electron chi connectivity index (χ4n) is 5.22. The number of phenols is 2. The van der Waals surface area contributed by atoms with E-state index >= 15 is 0 Å². The summed E-state index contributed by atoms with van der Waals surface area (Å²) in [5.74, 6) is -2.77. The first-order valence-corrected chi connectivity index (χ1v) is 12.2. The standard InChI is InChI=1S/C30H23N3O6/c1-39-30(38)23(12-16-10-11-24(34)25(35)13-16)33-28(36)26(19-14-31-21-8-4-2-6-17(19)21)27(29(33)37)20-15-32-22-9-5-3-7-18(20)22/h2-11,13-15,23,31-32,34-35H,12H2,1H3/t23-/m0/s1. The minimum absolute atomic E-state index is 0.125. The highest BCUT2D eigenvalue weighted by Gasteiger charge is 2.47. The van der Waals surface area contributed by atoms with Crippen molar-refractivity contribution in [3.63, 3.8) is 0 Å². The molecule has 3 aromatic carbocycles. The van der Waals surface area contributed by atoms with Gasteiger partial charge in [0.2, 0.25) is 0 Å². The Morgan fingerprint density at radius 1 is 0.821 bits per heavy atom. The third-order valence-electron chi connectivity index (χ3n) is 7.09.